The third kappa shape index (κ3) is 3.82. The molecule has 2 aromatic carbocycles. The predicted molar refractivity (Wildman–Crippen MR) is 96.9 cm³/mol. The first-order chi connectivity index (χ1) is 12.7. The van der Waals surface area contributed by atoms with Crippen LogP contribution in [0.25, 0.3) is 0 Å². The molecule has 0 aliphatic heterocycles. The van der Waals surface area contributed by atoms with Gasteiger partial charge >= 0.3 is 0 Å². The van der Waals surface area contributed by atoms with Crippen molar-refractivity contribution in [3.8, 4) is 0 Å². The number of amides is 1. The minimum atomic E-state index is -0.247. The van der Waals surface area contributed by atoms with E-state index in [4.69, 9.17) is 0 Å². The van der Waals surface area contributed by atoms with E-state index in [2.05, 4.69) is 22.4 Å². The number of carbonyl (C=O) groups is 1. The fourth-order valence-electron chi connectivity index (χ4n) is 3.34. The second-order valence-electron chi connectivity index (χ2n) is 6.78. The van der Waals surface area contributed by atoms with Gasteiger partial charge in [-0.05, 0) is 41.2 Å². The molecule has 5 heteroatoms. The molecule has 1 aromatic heterocycles. The van der Waals surface area contributed by atoms with E-state index in [1.807, 2.05) is 29.0 Å². The highest BCUT2D eigenvalue weighted by atomic mass is 19.1. The molecular weight excluding hydrogens is 329 g/mol. The molecule has 1 saturated carbocycles. The van der Waals surface area contributed by atoms with Gasteiger partial charge in [-0.1, -0.05) is 36.4 Å². The summed E-state index contributed by atoms with van der Waals surface area (Å²) >= 11 is 0. The lowest BCUT2D eigenvalue weighted by Gasteiger charge is -2.08. The van der Waals surface area contributed by atoms with Crippen molar-refractivity contribution in [1.82, 2.24) is 14.9 Å². The average molecular weight is 349 g/mol. The van der Waals surface area contributed by atoms with Crippen LogP contribution in [0.15, 0.2) is 67.3 Å². The molecule has 1 N–H and O–H groups in total. The van der Waals surface area contributed by atoms with E-state index in [1.54, 1.807) is 18.6 Å². The molecule has 1 amide bonds. The van der Waals surface area contributed by atoms with Crippen molar-refractivity contribution >= 4 is 5.91 Å². The molecule has 4 rings (SSSR count). The molecule has 1 aliphatic carbocycles. The summed E-state index contributed by atoms with van der Waals surface area (Å²) in [7, 11) is 0. The van der Waals surface area contributed by atoms with Crippen LogP contribution in [-0.4, -0.2) is 15.5 Å². The quantitative estimate of drug-likeness (QED) is 0.740. The summed E-state index contributed by atoms with van der Waals surface area (Å²) in [6.07, 6.45) is 6.26. The minimum Gasteiger partial charge on any atom is -0.352 e. The van der Waals surface area contributed by atoms with Crippen LogP contribution in [0.3, 0.4) is 0 Å². The fraction of sp³-hybridized carbons (Fsp3) is 0.238. The Morgan fingerprint density at radius 1 is 1.19 bits per heavy atom. The molecule has 0 unspecified atom stereocenters. The summed E-state index contributed by atoms with van der Waals surface area (Å²) in [6, 6.07) is 14.7. The molecular formula is C21H20FN3O. The lowest BCUT2D eigenvalue weighted by Crippen LogP contribution is -2.24. The van der Waals surface area contributed by atoms with E-state index < -0.39 is 0 Å². The molecule has 1 heterocycles. The standard InChI is InChI=1S/C21H20FN3O/c22-18-6-2-5-17(10-18)19-11-20(19)21(26)24-12-15-3-1-4-16(9-15)13-25-8-7-23-14-25/h1-10,14,19-20H,11-13H2,(H,24,26)/t19-,20-/m0/s1. The Morgan fingerprint density at radius 2 is 2.04 bits per heavy atom. The first-order valence-corrected chi connectivity index (χ1v) is 8.76. The van der Waals surface area contributed by atoms with E-state index in [9.17, 15) is 9.18 Å². The third-order valence-corrected chi connectivity index (χ3v) is 4.79. The Morgan fingerprint density at radius 3 is 2.85 bits per heavy atom. The van der Waals surface area contributed by atoms with Crippen molar-refractivity contribution in [2.24, 2.45) is 5.92 Å². The van der Waals surface area contributed by atoms with Gasteiger partial charge in [-0.25, -0.2) is 9.37 Å². The molecule has 0 saturated heterocycles. The highest BCUT2D eigenvalue weighted by Gasteiger charge is 2.43. The fourth-order valence-corrected chi connectivity index (χ4v) is 3.34. The van der Waals surface area contributed by atoms with Crippen molar-refractivity contribution in [2.75, 3.05) is 0 Å². The van der Waals surface area contributed by atoms with Crippen molar-refractivity contribution in [2.45, 2.75) is 25.4 Å². The predicted octanol–water partition coefficient (Wildman–Crippen LogP) is 3.49. The maximum Gasteiger partial charge on any atom is 0.224 e. The maximum atomic E-state index is 13.3. The van der Waals surface area contributed by atoms with Crippen LogP contribution in [0.1, 0.15) is 29.0 Å². The molecule has 132 valence electrons. The van der Waals surface area contributed by atoms with Crippen LogP contribution in [-0.2, 0) is 17.9 Å². The van der Waals surface area contributed by atoms with Crippen LogP contribution in [0.2, 0.25) is 0 Å². The number of imidazole rings is 1. The van der Waals surface area contributed by atoms with Crippen molar-refractivity contribution in [3.05, 3.63) is 89.8 Å². The number of halogens is 1. The largest absolute Gasteiger partial charge is 0.352 e. The number of hydrogen-bond acceptors (Lipinski definition) is 2. The Kier molecular flexibility index (Phi) is 4.52. The number of benzene rings is 2. The van der Waals surface area contributed by atoms with Gasteiger partial charge in [0.1, 0.15) is 5.82 Å². The summed E-state index contributed by atoms with van der Waals surface area (Å²) < 4.78 is 15.3. The number of hydrogen-bond donors (Lipinski definition) is 1. The van der Waals surface area contributed by atoms with Gasteiger partial charge in [0.15, 0.2) is 0 Å². The van der Waals surface area contributed by atoms with E-state index in [-0.39, 0.29) is 23.6 Å². The van der Waals surface area contributed by atoms with Crippen molar-refractivity contribution in [3.63, 3.8) is 0 Å². The van der Waals surface area contributed by atoms with Crippen LogP contribution < -0.4 is 5.32 Å². The summed E-state index contributed by atoms with van der Waals surface area (Å²) in [4.78, 5) is 16.4. The van der Waals surface area contributed by atoms with Gasteiger partial charge in [-0.15, -0.1) is 0 Å². The Bertz CT molecular complexity index is 907. The van der Waals surface area contributed by atoms with E-state index in [0.29, 0.717) is 6.54 Å². The normalized spacial score (nSPS) is 18.5. The molecule has 0 spiro atoms. The molecule has 3 aromatic rings. The van der Waals surface area contributed by atoms with Gasteiger partial charge in [0.05, 0.1) is 6.33 Å². The number of carbonyl (C=O) groups excluding carboxylic acids is 1. The van der Waals surface area contributed by atoms with Crippen LogP contribution >= 0.6 is 0 Å². The smallest absolute Gasteiger partial charge is 0.224 e. The molecule has 1 aliphatic rings. The zero-order chi connectivity index (χ0) is 17.9. The molecule has 0 radical (unpaired) electrons. The van der Waals surface area contributed by atoms with Gasteiger partial charge in [-0.2, -0.15) is 0 Å². The highest BCUT2D eigenvalue weighted by molar-refractivity contribution is 5.82. The van der Waals surface area contributed by atoms with Gasteiger partial charge in [0.2, 0.25) is 5.91 Å². The average Bonchev–Trinajstić information content (AvgIpc) is 3.30. The molecule has 0 bridgehead atoms. The lowest BCUT2D eigenvalue weighted by molar-refractivity contribution is -0.122. The highest BCUT2D eigenvalue weighted by Crippen LogP contribution is 2.47. The SMILES string of the molecule is O=C(NCc1cccc(Cn2ccnc2)c1)[C@H]1C[C@H]1c1cccc(F)c1. The van der Waals surface area contributed by atoms with E-state index in [1.165, 1.54) is 17.7 Å². The zero-order valence-electron chi connectivity index (χ0n) is 14.3. The summed E-state index contributed by atoms with van der Waals surface area (Å²) in [6.45, 7) is 1.26. The topological polar surface area (TPSA) is 46.9 Å². The second kappa shape index (κ2) is 7.12. The molecule has 1 fully saturated rings. The number of rotatable bonds is 6. The molecule has 26 heavy (non-hydrogen) atoms. The van der Waals surface area contributed by atoms with Crippen molar-refractivity contribution < 1.29 is 9.18 Å². The first-order valence-electron chi connectivity index (χ1n) is 8.76. The summed E-state index contributed by atoms with van der Waals surface area (Å²) in [5.74, 6) is -0.119. The first kappa shape index (κ1) is 16.5. The Balaban J connectivity index is 1.32. The lowest BCUT2D eigenvalue weighted by atomic mass is 10.1. The van der Waals surface area contributed by atoms with Gasteiger partial charge in [-0.3, -0.25) is 4.79 Å². The molecule has 2 atom stereocenters. The van der Waals surface area contributed by atoms with Crippen LogP contribution in [0.4, 0.5) is 4.39 Å². The maximum absolute atomic E-state index is 13.3. The zero-order valence-corrected chi connectivity index (χ0v) is 14.3. The Hall–Kier alpha value is -2.95. The second-order valence-corrected chi connectivity index (χ2v) is 6.78. The van der Waals surface area contributed by atoms with Gasteiger partial charge in [0, 0.05) is 31.4 Å². The van der Waals surface area contributed by atoms with Crippen LogP contribution in [0, 0.1) is 11.7 Å². The van der Waals surface area contributed by atoms with Crippen molar-refractivity contribution in [1.29, 1.82) is 0 Å². The Labute approximate surface area is 151 Å². The van der Waals surface area contributed by atoms with Gasteiger partial charge < -0.3 is 9.88 Å². The third-order valence-electron chi connectivity index (χ3n) is 4.79. The minimum absolute atomic E-state index is 0.0410. The monoisotopic (exact) mass is 349 g/mol. The van der Waals surface area contributed by atoms with E-state index in [0.717, 1.165) is 24.1 Å². The molecule has 4 nitrogen and oxygen atoms in total. The van der Waals surface area contributed by atoms with Gasteiger partial charge in [0.25, 0.3) is 0 Å². The van der Waals surface area contributed by atoms with Crippen LogP contribution in [0.5, 0.6) is 0 Å². The summed E-state index contributed by atoms with van der Waals surface area (Å²) in [5.41, 5.74) is 3.14. The number of nitrogens with zero attached hydrogens (tertiary/aromatic N) is 2. The number of nitrogens with one attached hydrogen (secondary N) is 1. The summed E-state index contributed by atoms with van der Waals surface area (Å²) in [5, 5.41) is 3.01. The number of aromatic nitrogens is 2. The van der Waals surface area contributed by atoms with E-state index >= 15 is 0 Å².